The zero-order valence-corrected chi connectivity index (χ0v) is 7.63. The van der Waals surface area contributed by atoms with Gasteiger partial charge in [0.25, 0.3) is 0 Å². The fourth-order valence-electron chi connectivity index (χ4n) is 0.907. The predicted octanol–water partition coefficient (Wildman–Crippen LogP) is 1.91. The lowest BCUT2D eigenvalue weighted by Crippen LogP contribution is -1.90. The van der Waals surface area contributed by atoms with E-state index in [1.807, 2.05) is 0 Å². The number of benzene rings is 1. The van der Waals surface area contributed by atoms with Crippen LogP contribution in [0.2, 0.25) is 0 Å². The summed E-state index contributed by atoms with van der Waals surface area (Å²) in [6, 6.07) is 5.09. The molecule has 0 aliphatic rings. The average Bonchev–Trinajstić information content (AvgIpc) is 1.98. The van der Waals surface area contributed by atoms with Gasteiger partial charge in [-0.15, -0.1) is 0 Å². The summed E-state index contributed by atoms with van der Waals surface area (Å²) in [5.41, 5.74) is 7.12. The van der Waals surface area contributed by atoms with Gasteiger partial charge in [-0.2, -0.15) is 0 Å². The lowest BCUT2D eigenvalue weighted by atomic mass is 10.1. The Bertz CT molecular complexity index is 250. The molecule has 0 heterocycles. The number of halogens is 1. The van der Waals surface area contributed by atoms with Crippen molar-refractivity contribution >= 4 is 21.6 Å². The quantitative estimate of drug-likeness (QED) is 0.450. The number of nitrogens with two attached hydrogens (primary N) is 1. The molecule has 1 rings (SSSR count). The van der Waals surface area contributed by atoms with Gasteiger partial charge in [-0.3, -0.25) is 0 Å². The summed E-state index contributed by atoms with van der Waals surface area (Å²) in [5.74, 6) is 0.318. The minimum atomic E-state index is 0.318. The van der Waals surface area contributed by atoms with Crippen LogP contribution < -0.4 is 5.73 Å². The van der Waals surface area contributed by atoms with Gasteiger partial charge in [0.1, 0.15) is 5.75 Å². The third kappa shape index (κ3) is 2.12. The number of phenols is 1. The van der Waals surface area contributed by atoms with Gasteiger partial charge in [-0.05, 0) is 30.2 Å². The number of alkyl halides is 1. The van der Waals surface area contributed by atoms with E-state index >= 15 is 0 Å². The van der Waals surface area contributed by atoms with Gasteiger partial charge in [0.15, 0.2) is 0 Å². The lowest BCUT2D eigenvalue weighted by Gasteiger charge is -2.02. The van der Waals surface area contributed by atoms with Gasteiger partial charge >= 0.3 is 0 Å². The third-order valence-corrected chi connectivity index (χ3v) is 1.86. The minimum Gasteiger partial charge on any atom is -0.508 e. The molecule has 1 aromatic rings. The Balaban J connectivity index is 2.93. The van der Waals surface area contributed by atoms with Crippen LogP contribution in [0.5, 0.6) is 5.75 Å². The first-order valence-corrected chi connectivity index (χ1v) is 4.49. The standard InChI is InChI=1S/C8H10BrNO/c9-4-3-6-5-7(10)1-2-8(6)11/h1-2,5,11H,3-4,10H2. The Kier molecular flexibility index (Phi) is 2.76. The first-order chi connectivity index (χ1) is 5.24. The number of hydrogen-bond acceptors (Lipinski definition) is 2. The summed E-state index contributed by atoms with van der Waals surface area (Å²) in [4.78, 5) is 0. The van der Waals surface area contributed by atoms with Gasteiger partial charge < -0.3 is 10.8 Å². The number of aromatic hydroxyl groups is 1. The summed E-state index contributed by atoms with van der Waals surface area (Å²) in [6.07, 6.45) is 0.802. The van der Waals surface area contributed by atoms with Crippen LogP contribution in [0.15, 0.2) is 18.2 Å². The summed E-state index contributed by atoms with van der Waals surface area (Å²) in [5, 5.41) is 10.1. The highest BCUT2D eigenvalue weighted by Gasteiger charge is 1.99. The van der Waals surface area contributed by atoms with Crippen LogP contribution in [0.4, 0.5) is 5.69 Å². The van der Waals surface area contributed by atoms with Crippen molar-refractivity contribution in [2.45, 2.75) is 6.42 Å². The normalized spacial score (nSPS) is 9.91. The molecule has 0 aromatic heterocycles. The number of rotatable bonds is 2. The number of hydrogen-bond donors (Lipinski definition) is 2. The molecule has 3 N–H and O–H groups in total. The molecule has 0 aliphatic heterocycles. The van der Waals surface area contributed by atoms with Crippen molar-refractivity contribution < 1.29 is 5.11 Å². The third-order valence-electron chi connectivity index (χ3n) is 1.47. The largest absolute Gasteiger partial charge is 0.508 e. The second kappa shape index (κ2) is 3.62. The zero-order valence-electron chi connectivity index (χ0n) is 6.05. The van der Waals surface area contributed by atoms with Crippen molar-refractivity contribution in [3.8, 4) is 5.75 Å². The Morgan fingerprint density at radius 2 is 2.18 bits per heavy atom. The maximum atomic E-state index is 9.29. The average molecular weight is 216 g/mol. The van der Waals surface area contributed by atoms with E-state index < -0.39 is 0 Å². The fourth-order valence-corrected chi connectivity index (χ4v) is 1.33. The summed E-state index contributed by atoms with van der Waals surface area (Å²) < 4.78 is 0. The Morgan fingerprint density at radius 3 is 2.82 bits per heavy atom. The van der Waals surface area contributed by atoms with E-state index in [1.165, 1.54) is 0 Å². The van der Waals surface area contributed by atoms with Crippen LogP contribution in [-0.4, -0.2) is 10.4 Å². The second-order valence-electron chi connectivity index (χ2n) is 2.33. The number of phenolic OH excluding ortho intramolecular Hbond substituents is 1. The van der Waals surface area contributed by atoms with Crippen molar-refractivity contribution in [2.75, 3.05) is 11.1 Å². The predicted molar refractivity (Wildman–Crippen MR) is 50.0 cm³/mol. The van der Waals surface area contributed by atoms with E-state index in [1.54, 1.807) is 18.2 Å². The van der Waals surface area contributed by atoms with Crippen molar-refractivity contribution in [1.82, 2.24) is 0 Å². The van der Waals surface area contributed by atoms with Crippen molar-refractivity contribution in [3.63, 3.8) is 0 Å². The number of anilines is 1. The van der Waals surface area contributed by atoms with E-state index in [0.29, 0.717) is 11.4 Å². The van der Waals surface area contributed by atoms with Crippen LogP contribution in [0.1, 0.15) is 5.56 Å². The lowest BCUT2D eigenvalue weighted by molar-refractivity contribution is 0.469. The molecule has 0 amide bonds. The van der Waals surface area contributed by atoms with Crippen LogP contribution in [0, 0.1) is 0 Å². The molecule has 0 spiro atoms. The van der Waals surface area contributed by atoms with Crippen molar-refractivity contribution in [2.24, 2.45) is 0 Å². The molecule has 0 fully saturated rings. The first-order valence-electron chi connectivity index (χ1n) is 3.37. The van der Waals surface area contributed by atoms with E-state index in [0.717, 1.165) is 17.3 Å². The molecule has 0 atom stereocenters. The van der Waals surface area contributed by atoms with Gasteiger partial charge in [0.05, 0.1) is 0 Å². The molecule has 11 heavy (non-hydrogen) atoms. The van der Waals surface area contributed by atoms with Gasteiger partial charge in [0, 0.05) is 11.0 Å². The first kappa shape index (κ1) is 8.40. The highest BCUT2D eigenvalue weighted by atomic mass is 79.9. The van der Waals surface area contributed by atoms with Crippen molar-refractivity contribution in [3.05, 3.63) is 23.8 Å². The van der Waals surface area contributed by atoms with Crippen LogP contribution in [0.3, 0.4) is 0 Å². The Labute approximate surface area is 74.2 Å². The van der Waals surface area contributed by atoms with Crippen LogP contribution in [0.25, 0.3) is 0 Å². The summed E-state index contributed by atoms with van der Waals surface area (Å²) in [6.45, 7) is 0. The number of nitrogen functional groups attached to an aromatic ring is 1. The zero-order chi connectivity index (χ0) is 8.27. The maximum Gasteiger partial charge on any atom is 0.118 e. The monoisotopic (exact) mass is 215 g/mol. The molecule has 0 unspecified atom stereocenters. The smallest absolute Gasteiger partial charge is 0.118 e. The number of aryl methyl sites for hydroxylation is 1. The molecule has 60 valence electrons. The van der Waals surface area contributed by atoms with Crippen LogP contribution in [-0.2, 0) is 6.42 Å². The van der Waals surface area contributed by atoms with E-state index in [2.05, 4.69) is 15.9 Å². The fraction of sp³-hybridized carbons (Fsp3) is 0.250. The SMILES string of the molecule is Nc1ccc(O)c(CCBr)c1. The molecule has 0 aliphatic carbocycles. The Hall–Kier alpha value is -0.700. The Morgan fingerprint density at radius 1 is 1.45 bits per heavy atom. The second-order valence-corrected chi connectivity index (χ2v) is 3.12. The molecular weight excluding hydrogens is 206 g/mol. The summed E-state index contributed by atoms with van der Waals surface area (Å²) >= 11 is 3.29. The molecular formula is C8H10BrNO. The van der Waals surface area contributed by atoms with Crippen LogP contribution >= 0.6 is 15.9 Å². The van der Waals surface area contributed by atoms with Gasteiger partial charge in [-0.1, -0.05) is 15.9 Å². The van der Waals surface area contributed by atoms with Gasteiger partial charge in [-0.25, -0.2) is 0 Å². The topological polar surface area (TPSA) is 46.2 Å². The van der Waals surface area contributed by atoms with Crippen molar-refractivity contribution in [1.29, 1.82) is 0 Å². The van der Waals surface area contributed by atoms with E-state index in [-0.39, 0.29) is 0 Å². The molecule has 2 nitrogen and oxygen atoms in total. The molecule has 1 aromatic carbocycles. The molecule has 3 heteroatoms. The molecule has 0 bridgehead atoms. The highest BCUT2D eigenvalue weighted by Crippen LogP contribution is 2.20. The molecule has 0 saturated carbocycles. The minimum absolute atomic E-state index is 0.318. The highest BCUT2D eigenvalue weighted by molar-refractivity contribution is 9.09. The summed E-state index contributed by atoms with van der Waals surface area (Å²) in [7, 11) is 0. The molecule has 0 saturated heterocycles. The van der Waals surface area contributed by atoms with Gasteiger partial charge in [0.2, 0.25) is 0 Å². The maximum absolute atomic E-state index is 9.29. The molecule has 0 radical (unpaired) electrons. The van der Waals surface area contributed by atoms with E-state index in [4.69, 9.17) is 5.73 Å². The van der Waals surface area contributed by atoms with E-state index in [9.17, 15) is 5.11 Å².